The summed E-state index contributed by atoms with van der Waals surface area (Å²) in [5.41, 5.74) is 0.00826. The van der Waals surface area contributed by atoms with Gasteiger partial charge in [0.05, 0.1) is 25.7 Å². The molecule has 4 rings (SSSR count). The van der Waals surface area contributed by atoms with Crippen LogP contribution in [0.1, 0.15) is 32.1 Å². The van der Waals surface area contributed by atoms with Crippen molar-refractivity contribution in [2.75, 3.05) is 0 Å². The van der Waals surface area contributed by atoms with Crippen molar-refractivity contribution in [3.8, 4) is 0 Å². The van der Waals surface area contributed by atoms with Gasteiger partial charge in [0.25, 0.3) is 0 Å². The second kappa shape index (κ2) is 8.40. The Morgan fingerprint density at radius 3 is 1.67 bits per heavy atom. The van der Waals surface area contributed by atoms with Gasteiger partial charge in [0.1, 0.15) is 0 Å². The third-order valence-electron chi connectivity index (χ3n) is 5.62. The topological polar surface area (TPSA) is 59.9 Å². The molecule has 1 aliphatic rings. The van der Waals surface area contributed by atoms with Gasteiger partial charge in [0.15, 0.2) is 0 Å². The molecule has 0 N–H and O–H groups in total. The highest BCUT2D eigenvalue weighted by molar-refractivity contribution is 6.04. The van der Waals surface area contributed by atoms with Gasteiger partial charge in [-0.1, -0.05) is 19.3 Å². The quantitative estimate of drug-likeness (QED) is 0.435. The number of hydrogen-bond acceptors (Lipinski definition) is 5. The van der Waals surface area contributed by atoms with Crippen molar-refractivity contribution in [1.29, 1.82) is 0 Å². The SMILES string of the molecule is [AlH2][N](Cn1cccn1)C1(N(Cn2cccn2)Cn2cccn2)CCCCC1. The van der Waals surface area contributed by atoms with Crippen LogP contribution in [-0.2, 0) is 20.0 Å². The van der Waals surface area contributed by atoms with Crippen molar-refractivity contribution in [2.45, 2.75) is 57.8 Å². The Labute approximate surface area is 168 Å². The van der Waals surface area contributed by atoms with Crippen molar-refractivity contribution in [2.24, 2.45) is 0 Å². The minimum Gasteiger partial charge on any atom is -0.356 e. The zero-order valence-electron chi connectivity index (χ0n) is 15.9. The van der Waals surface area contributed by atoms with E-state index in [-0.39, 0.29) is 5.66 Å². The summed E-state index contributed by atoms with van der Waals surface area (Å²) in [4.78, 5) is 2.54. The van der Waals surface area contributed by atoms with Gasteiger partial charge in [-0.15, -0.1) is 0 Å². The lowest BCUT2D eigenvalue weighted by atomic mass is 9.87. The van der Waals surface area contributed by atoms with E-state index in [4.69, 9.17) is 0 Å². The fourth-order valence-corrected chi connectivity index (χ4v) is 5.24. The Morgan fingerprint density at radius 1 is 0.741 bits per heavy atom. The van der Waals surface area contributed by atoms with Crippen LogP contribution in [0.3, 0.4) is 0 Å². The van der Waals surface area contributed by atoms with Gasteiger partial charge in [-0.25, -0.2) is 4.90 Å². The fourth-order valence-electron chi connectivity index (χ4n) is 4.22. The molecular weight excluding hydrogens is 355 g/mol. The van der Waals surface area contributed by atoms with E-state index in [2.05, 4.69) is 24.1 Å². The number of aromatic nitrogens is 6. The summed E-state index contributed by atoms with van der Waals surface area (Å²) >= 11 is 0.967. The molecule has 3 aromatic rings. The molecule has 0 spiro atoms. The van der Waals surface area contributed by atoms with Gasteiger partial charge >= 0.3 is 16.5 Å². The number of rotatable bonds is 8. The standard InChI is InChI=1S/C18H25N8.Al.2H/c1-2-7-18(8-3-1,19-15-24-12-4-9-20-24)23(16-25-13-5-10-21-25)17-26-14-6-11-22-26;;;/h4-6,9-14H,1-3,7-8,15-17H2;;;/q-1;+1;;. The molecule has 0 atom stereocenters. The monoisotopic (exact) mass is 382 g/mol. The molecule has 8 nitrogen and oxygen atoms in total. The molecular formula is C18H27AlN8. The van der Waals surface area contributed by atoms with Crippen molar-refractivity contribution in [1.82, 2.24) is 38.1 Å². The van der Waals surface area contributed by atoms with Crippen LogP contribution in [0.2, 0.25) is 0 Å². The first kappa shape index (κ1) is 18.4. The second-order valence-electron chi connectivity index (χ2n) is 7.34. The smallest absolute Gasteiger partial charge is 0.326 e. The summed E-state index contributed by atoms with van der Waals surface area (Å²) in [7, 11) is 0. The lowest BCUT2D eigenvalue weighted by Crippen LogP contribution is -2.61. The maximum atomic E-state index is 4.47. The van der Waals surface area contributed by atoms with Crippen LogP contribution in [0.4, 0.5) is 0 Å². The van der Waals surface area contributed by atoms with Gasteiger partial charge in [-0.3, -0.25) is 14.0 Å². The van der Waals surface area contributed by atoms with Crippen LogP contribution < -0.4 is 0 Å². The van der Waals surface area contributed by atoms with Crippen LogP contribution >= 0.6 is 0 Å². The zero-order valence-corrected chi connectivity index (χ0v) is 17.9. The van der Waals surface area contributed by atoms with E-state index < -0.39 is 0 Å². The van der Waals surface area contributed by atoms with Crippen LogP contribution in [0.15, 0.2) is 55.4 Å². The van der Waals surface area contributed by atoms with Gasteiger partial charge in [0.2, 0.25) is 0 Å². The first-order valence-electron chi connectivity index (χ1n) is 9.65. The average molecular weight is 382 g/mol. The second-order valence-corrected chi connectivity index (χ2v) is 8.42. The predicted molar refractivity (Wildman–Crippen MR) is 105 cm³/mol. The predicted octanol–water partition coefficient (Wildman–Crippen LogP) is 1.36. The molecule has 1 aliphatic carbocycles. The molecule has 3 aromatic heterocycles. The van der Waals surface area contributed by atoms with Gasteiger partial charge in [0, 0.05) is 37.2 Å². The molecule has 1 fully saturated rings. The molecule has 1 saturated carbocycles. The summed E-state index contributed by atoms with van der Waals surface area (Å²) in [6, 6.07) is 5.97. The normalized spacial score (nSPS) is 17.0. The highest BCUT2D eigenvalue weighted by Gasteiger charge is 2.41. The van der Waals surface area contributed by atoms with Crippen molar-refractivity contribution in [3.05, 3.63) is 55.4 Å². The van der Waals surface area contributed by atoms with Gasteiger partial charge in [-0.05, 0) is 31.0 Å². The minimum atomic E-state index is 0.00826. The summed E-state index contributed by atoms with van der Waals surface area (Å²) < 4.78 is 8.65. The Morgan fingerprint density at radius 2 is 1.22 bits per heavy atom. The van der Waals surface area contributed by atoms with E-state index >= 15 is 0 Å². The van der Waals surface area contributed by atoms with Crippen molar-refractivity contribution >= 4 is 16.5 Å². The third kappa shape index (κ3) is 4.17. The van der Waals surface area contributed by atoms with Crippen LogP contribution in [0.5, 0.6) is 0 Å². The van der Waals surface area contributed by atoms with Crippen molar-refractivity contribution in [3.63, 3.8) is 0 Å². The van der Waals surface area contributed by atoms with E-state index in [1.807, 2.05) is 69.4 Å². The van der Waals surface area contributed by atoms with Crippen LogP contribution in [0, 0.1) is 0 Å². The molecule has 0 aliphatic heterocycles. The number of hydrogen-bond donors (Lipinski definition) is 0. The lowest BCUT2D eigenvalue weighted by Gasteiger charge is -2.52. The molecule has 0 unspecified atom stereocenters. The highest BCUT2D eigenvalue weighted by atomic mass is 27.1. The Balaban J connectivity index is 1.64. The summed E-state index contributed by atoms with van der Waals surface area (Å²) in [5.74, 6) is 0. The summed E-state index contributed by atoms with van der Waals surface area (Å²) in [6.45, 7) is 2.34. The Hall–Kier alpha value is -1.92. The third-order valence-corrected chi connectivity index (χ3v) is 6.73. The number of nitrogens with zero attached hydrogens (tertiary/aromatic N) is 8. The Kier molecular flexibility index (Phi) is 5.74. The van der Waals surface area contributed by atoms with E-state index in [1.165, 1.54) is 32.1 Å². The Bertz CT molecular complexity index is 741. The molecule has 0 bridgehead atoms. The molecule has 0 radical (unpaired) electrons. The minimum absolute atomic E-state index is 0.00826. The summed E-state index contributed by atoms with van der Waals surface area (Å²) in [6.07, 6.45) is 17.8. The maximum absolute atomic E-state index is 4.47. The molecule has 142 valence electrons. The highest BCUT2D eigenvalue weighted by Crippen LogP contribution is 2.37. The van der Waals surface area contributed by atoms with Crippen LogP contribution in [0.25, 0.3) is 0 Å². The van der Waals surface area contributed by atoms with E-state index in [0.717, 1.165) is 36.5 Å². The van der Waals surface area contributed by atoms with Crippen molar-refractivity contribution < 1.29 is 0 Å². The first-order valence-corrected chi connectivity index (χ1v) is 10.5. The van der Waals surface area contributed by atoms with E-state index in [9.17, 15) is 0 Å². The lowest BCUT2D eigenvalue weighted by molar-refractivity contribution is -0.0927. The van der Waals surface area contributed by atoms with E-state index in [1.54, 1.807) is 0 Å². The van der Waals surface area contributed by atoms with Crippen LogP contribution in [-0.4, -0.2) is 60.3 Å². The fraction of sp³-hybridized carbons (Fsp3) is 0.500. The average Bonchev–Trinajstić information content (AvgIpc) is 3.46. The van der Waals surface area contributed by atoms with Gasteiger partial charge in [-0.2, -0.15) is 15.3 Å². The first-order chi connectivity index (χ1) is 13.3. The molecule has 0 amide bonds. The molecule has 3 heterocycles. The molecule has 0 aromatic carbocycles. The maximum Gasteiger partial charge on any atom is 0.326 e. The zero-order chi connectivity index (χ0) is 18.5. The summed E-state index contributed by atoms with van der Waals surface area (Å²) in [5, 5.41) is 13.4. The largest absolute Gasteiger partial charge is 0.356 e. The van der Waals surface area contributed by atoms with E-state index in [0.29, 0.717) is 0 Å². The molecule has 27 heavy (non-hydrogen) atoms. The van der Waals surface area contributed by atoms with Gasteiger partial charge < -0.3 is 3.88 Å². The molecule has 0 saturated heterocycles. The molecule has 9 heteroatoms.